The summed E-state index contributed by atoms with van der Waals surface area (Å²) in [6.45, 7) is 11.6. The number of alkyl carbamates (subject to hydrolysis) is 1. The molecule has 1 aromatic heterocycles. The molecule has 3 aliphatic rings. The maximum Gasteiger partial charge on any atom is 0.416 e. The molecule has 3 N–H and O–H groups in total. The number of nitrogens with one attached hydrogen (secondary N) is 3. The number of alkyl halides is 3. The van der Waals surface area contributed by atoms with Gasteiger partial charge in [0.25, 0.3) is 5.91 Å². The van der Waals surface area contributed by atoms with E-state index in [2.05, 4.69) is 26.9 Å². The molecule has 318 valence electrons. The Hall–Kier alpha value is -5.39. The molecule has 4 amide bonds. The summed E-state index contributed by atoms with van der Waals surface area (Å²) in [7, 11) is -2.43. The lowest BCUT2D eigenvalue weighted by Crippen LogP contribution is -2.60. The van der Waals surface area contributed by atoms with Gasteiger partial charge in [0, 0.05) is 23.9 Å². The van der Waals surface area contributed by atoms with E-state index in [9.17, 15) is 40.8 Å². The van der Waals surface area contributed by atoms with Gasteiger partial charge in [-0.25, -0.2) is 18.2 Å². The second kappa shape index (κ2) is 15.7. The topological polar surface area (TPSA) is 182 Å². The second-order valence-electron chi connectivity index (χ2n) is 16.8. The van der Waals surface area contributed by atoms with Crippen molar-refractivity contribution in [3.63, 3.8) is 0 Å². The summed E-state index contributed by atoms with van der Waals surface area (Å²) in [5, 5.41) is 6.04. The molecule has 3 fully saturated rings. The molecule has 59 heavy (non-hydrogen) atoms. The van der Waals surface area contributed by atoms with Crippen LogP contribution in [0, 0.1) is 11.3 Å². The van der Waals surface area contributed by atoms with Crippen LogP contribution in [0.5, 0.6) is 11.6 Å². The number of carbonyl (C=O) groups excluding carboxylic acids is 4. The molecule has 0 spiro atoms. The van der Waals surface area contributed by atoms with Gasteiger partial charge in [-0.2, -0.15) is 13.2 Å². The fourth-order valence-corrected chi connectivity index (χ4v) is 8.58. The van der Waals surface area contributed by atoms with E-state index in [1.807, 2.05) is 0 Å². The smallest absolute Gasteiger partial charge is 0.416 e. The molecule has 2 saturated carbocycles. The maximum absolute atomic E-state index is 14.7. The lowest BCUT2D eigenvalue weighted by atomic mass is 9.85. The van der Waals surface area contributed by atoms with Gasteiger partial charge in [0.2, 0.25) is 27.7 Å². The molecule has 2 aliphatic carbocycles. The zero-order valence-electron chi connectivity index (χ0n) is 33.5. The molecule has 2 aromatic carbocycles. The molecule has 1 aliphatic heterocycles. The number of methoxy groups -OCH3 is 1. The van der Waals surface area contributed by atoms with Gasteiger partial charge in [-0.3, -0.25) is 19.1 Å². The third kappa shape index (κ3) is 9.26. The SMILES string of the molecule is C=C[C@@H]1C[C@]1(NC(=O)[C@@H]1CC(Oc2nccc3cc(OC)ccc23)CN1C(=O)[C@@H](NC(=O)OC(C)(C)c1ccc(C(F)(F)F)cc1)C(C)(C)C)C(=O)NS(=O)(=O)C1CC1. The predicted molar refractivity (Wildman–Crippen MR) is 209 cm³/mol. The summed E-state index contributed by atoms with van der Waals surface area (Å²) >= 11 is 0. The third-order valence-corrected chi connectivity index (χ3v) is 12.8. The first-order chi connectivity index (χ1) is 27.5. The van der Waals surface area contributed by atoms with Gasteiger partial charge < -0.3 is 29.7 Å². The Morgan fingerprint density at radius 3 is 2.24 bits per heavy atom. The van der Waals surface area contributed by atoms with E-state index in [0.717, 1.165) is 17.5 Å². The van der Waals surface area contributed by atoms with E-state index in [1.54, 1.807) is 45.0 Å². The minimum absolute atomic E-state index is 0.0744. The number of nitrogens with zero attached hydrogens (tertiary/aromatic N) is 2. The number of pyridine rings is 1. The number of sulfonamides is 1. The Kier molecular flexibility index (Phi) is 11.5. The van der Waals surface area contributed by atoms with Crippen molar-refractivity contribution in [1.82, 2.24) is 25.2 Å². The molecule has 1 unspecified atom stereocenters. The van der Waals surface area contributed by atoms with Crippen LogP contribution in [0.3, 0.4) is 0 Å². The molecule has 14 nitrogen and oxygen atoms in total. The van der Waals surface area contributed by atoms with Gasteiger partial charge in [0.15, 0.2) is 0 Å². The van der Waals surface area contributed by atoms with E-state index in [4.69, 9.17) is 14.2 Å². The van der Waals surface area contributed by atoms with Crippen molar-refractivity contribution >= 4 is 44.6 Å². The molecule has 0 bridgehead atoms. The number of halogens is 3. The van der Waals surface area contributed by atoms with Crippen molar-refractivity contribution < 1.29 is 55.0 Å². The quantitative estimate of drug-likeness (QED) is 0.190. The number of ether oxygens (including phenoxy) is 3. The molecule has 2 heterocycles. The maximum atomic E-state index is 14.7. The van der Waals surface area contributed by atoms with Gasteiger partial charge in [-0.05, 0) is 85.9 Å². The number of fused-ring (bicyclic) bond motifs is 1. The first-order valence-corrected chi connectivity index (χ1v) is 20.6. The first kappa shape index (κ1) is 43.2. The highest BCUT2D eigenvalue weighted by atomic mass is 32.2. The number of carbonyl (C=O) groups is 4. The van der Waals surface area contributed by atoms with Crippen LogP contribution in [0.15, 0.2) is 67.4 Å². The van der Waals surface area contributed by atoms with Gasteiger partial charge in [0.05, 0.1) is 24.5 Å². The first-order valence-electron chi connectivity index (χ1n) is 19.1. The summed E-state index contributed by atoms with van der Waals surface area (Å²) in [6, 6.07) is 8.60. The van der Waals surface area contributed by atoms with E-state index in [-0.39, 0.29) is 30.8 Å². The Balaban J connectivity index is 1.27. The van der Waals surface area contributed by atoms with Crippen LogP contribution in [-0.2, 0) is 40.9 Å². The van der Waals surface area contributed by atoms with Crippen molar-refractivity contribution in [2.45, 2.75) is 101 Å². The predicted octanol–water partition coefficient (Wildman–Crippen LogP) is 5.36. The van der Waals surface area contributed by atoms with Crippen molar-refractivity contribution in [2.75, 3.05) is 13.7 Å². The molecule has 1 saturated heterocycles. The van der Waals surface area contributed by atoms with Gasteiger partial charge >= 0.3 is 12.3 Å². The summed E-state index contributed by atoms with van der Waals surface area (Å²) in [4.78, 5) is 61.8. The highest BCUT2D eigenvalue weighted by Gasteiger charge is 2.62. The van der Waals surface area contributed by atoms with Crippen LogP contribution >= 0.6 is 0 Å². The largest absolute Gasteiger partial charge is 0.497 e. The molecule has 0 radical (unpaired) electrons. The lowest BCUT2D eigenvalue weighted by Gasteiger charge is -2.36. The van der Waals surface area contributed by atoms with Crippen LogP contribution in [0.25, 0.3) is 10.8 Å². The van der Waals surface area contributed by atoms with Crippen molar-refractivity contribution in [3.05, 3.63) is 78.5 Å². The van der Waals surface area contributed by atoms with Crippen LogP contribution in [0.4, 0.5) is 18.0 Å². The Morgan fingerprint density at radius 2 is 1.66 bits per heavy atom. The Labute approximate surface area is 340 Å². The van der Waals surface area contributed by atoms with Crippen molar-refractivity contribution in [2.24, 2.45) is 11.3 Å². The molecular formula is C41H48F3N5O9S. The molecule has 6 rings (SSSR count). The fraction of sp³-hybridized carbons (Fsp3) is 0.488. The third-order valence-electron chi connectivity index (χ3n) is 10.9. The summed E-state index contributed by atoms with van der Waals surface area (Å²) in [5.74, 6) is -2.14. The zero-order chi connectivity index (χ0) is 43.3. The number of rotatable bonds is 13. The number of hydrogen-bond donors (Lipinski definition) is 3. The second-order valence-corrected chi connectivity index (χ2v) is 18.7. The average Bonchev–Trinajstić information content (AvgIpc) is 4.09. The highest BCUT2D eigenvalue weighted by molar-refractivity contribution is 7.91. The number of benzene rings is 2. The van der Waals surface area contributed by atoms with Crippen molar-refractivity contribution in [3.8, 4) is 11.6 Å². The number of aromatic nitrogens is 1. The number of likely N-dealkylation sites (tertiary alicyclic amines) is 1. The molecule has 5 atom stereocenters. The minimum Gasteiger partial charge on any atom is -0.497 e. The van der Waals surface area contributed by atoms with Gasteiger partial charge in [-0.1, -0.05) is 39.0 Å². The monoisotopic (exact) mass is 843 g/mol. The van der Waals surface area contributed by atoms with Gasteiger partial charge in [-0.15, -0.1) is 6.58 Å². The molecular weight excluding hydrogens is 796 g/mol. The van der Waals surface area contributed by atoms with E-state index in [1.165, 1.54) is 50.3 Å². The molecule has 3 aromatic rings. The van der Waals surface area contributed by atoms with Crippen LogP contribution in [0.2, 0.25) is 0 Å². The Bertz CT molecular complexity index is 2260. The van der Waals surface area contributed by atoms with E-state index < -0.39 is 91.5 Å². The normalized spacial score (nSPS) is 22.5. The minimum atomic E-state index is -4.56. The fourth-order valence-electron chi connectivity index (χ4n) is 7.21. The van der Waals surface area contributed by atoms with Crippen molar-refractivity contribution in [1.29, 1.82) is 0 Å². The van der Waals surface area contributed by atoms with Crippen LogP contribution in [0.1, 0.15) is 71.4 Å². The van der Waals surface area contributed by atoms with E-state index >= 15 is 0 Å². The van der Waals surface area contributed by atoms with Crippen LogP contribution < -0.4 is 24.8 Å². The average molecular weight is 844 g/mol. The molecule has 18 heteroatoms. The zero-order valence-corrected chi connectivity index (χ0v) is 34.3. The van der Waals surface area contributed by atoms with Crippen LogP contribution in [-0.4, -0.2) is 84.7 Å². The summed E-state index contributed by atoms with van der Waals surface area (Å²) in [6.07, 6.45) is -2.63. The van der Waals surface area contributed by atoms with Gasteiger partial charge in [0.1, 0.15) is 35.1 Å². The summed E-state index contributed by atoms with van der Waals surface area (Å²) < 4.78 is 84.6. The number of hydrogen-bond acceptors (Lipinski definition) is 10. The lowest BCUT2D eigenvalue weighted by molar-refractivity contribution is -0.143. The highest BCUT2D eigenvalue weighted by Crippen LogP contribution is 2.46. The number of amides is 4. The Morgan fingerprint density at radius 1 is 1.00 bits per heavy atom. The standard InChI is InChI=1S/C41H48F3N5O9S/c1-8-24-21-40(24,36(52)48-59(54,55)29-14-15-29)47-33(50)31-20-28(57-34-30-16-13-27(56-7)19-23(30)17-18-45-34)22-49(31)35(51)32(38(2,3)4)46-37(53)58-39(5,6)25-9-11-26(12-10-25)41(42,43)44/h8-13,16-19,24,28-29,31-32H,1,14-15,20-22H2,2-7H3,(H,46,53)(H,47,50)(H,48,52)/t24-,28?,31+,32-,40-/m1/s1. The summed E-state index contributed by atoms with van der Waals surface area (Å²) in [5.41, 5.74) is -4.68. The van der Waals surface area contributed by atoms with E-state index in [0.29, 0.717) is 24.0 Å².